The summed E-state index contributed by atoms with van der Waals surface area (Å²) in [6.45, 7) is 1.79. The Morgan fingerprint density at radius 3 is 2.56 bits per heavy atom. The van der Waals surface area contributed by atoms with Crippen LogP contribution in [0.2, 0.25) is 0 Å². The summed E-state index contributed by atoms with van der Waals surface area (Å²) in [7, 11) is -4.00. The summed E-state index contributed by atoms with van der Waals surface area (Å²) < 4.78 is 27.0. The minimum atomic E-state index is -4.00. The van der Waals surface area contributed by atoms with Gasteiger partial charge in [-0.2, -0.15) is 0 Å². The van der Waals surface area contributed by atoms with E-state index in [1.165, 1.54) is 0 Å². The van der Waals surface area contributed by atoms with Crippen LogP contribution < -0.4 is 5.14 Å². The fourth-order valence-corrected chi connectivity index (χ4v) is 3.43. The number of nitrogens with two attached hydrogens (primary N) is 1. The standard InChI is InChI=1S/C9H12N2O5S2/c10-18(14,15)9-6(12)5-7(17-9)8(13)11-1-3-16-4-2-11/h5,12H,1-4H2,(H2,10,14,15). The van der Waals surface area contributed by atoms with E-state index >= 15 is 0 Å². The zero-order valence-corrected chi connectivity index (χ0v) is 11.0. The number of aromatic hydroxyl groups is 1. The maximum absolute atomic E-state index is 12.0. The average Bonchev–Trinajstić information content (AvgIpc) is 2.71. The van der Waals surface area contributed by atoms with E-state index in [1.807, 2.05) is 0 Å². The van der Waals surface area contributed by atoms with Crippen molar-refractivity contribution in [3.63, 3.8) is 0 Å². The van der Waals surface area contributed by atoms with Crippen LogP contribution in [0, 0.1) is 0 Å². The number of morpholine rings is 1. The Balaban J connectivity index is 2.26. The van der Waals surface area contributed by atoms with Gasteiger partial charge in [-0.25, -0.2) is 13.6 Å². The van der Waals surface area contributed by atoms with Crippen molar-refractivity contribution >= 4 is 27.3 Å². The number of primary sulfonamides is 1. The highest BCUT2D eigenvalue weighted by atomic mass is 32.2. The number of rotatable bonds is 2. The number of thiophene rings is 1. The first-order chi connectivity index (χ1) is 8.39. The van der Waals surface area contributed by atoms with Crippen LogP contribution in [-0.4, -0.2) is 50.6 Å². The van der Waals surface area contributed by atoms with Gasteiger partial charge in [-0.15, -0.1) is 11.3 Å². The van der Waals surface area contributed by atoms with Gasteiger partial charge in [-0.05, 0) is 0 Å². The smallest absolute Gasteiger partial charge is 0.264 e. The van der Waals surface area contributed by atoms with E-state index in [4.69, 9.17) is 9.88 Å². The number of amides is 1. The van der Waals surface area contributed by atoms with Crippen molar-refractivity contribution in [2.45, 2.75) is 4.21 Å². The van der Waals surface area contributed by atoms with E-state index < -0.39 is 15.8 Å². The molecule has 1 aliphatic rings. The van der Waals surface area contributed by atoms with Crippen LogP contribution in [0.25, 0.3) is 0 Å². The normalized spacial score (nSPS) is 16.8. The molecule has 0 aliphatic carbocycles. The summed E-state index contributed by atoms with van der Waals surface area (Å²) in [5, 5.41) is 14.4. The molecule has 0 bridgehead atoms. The fraction of sp³-hybridized carbons (Fsp3) is 0.444. The van der Waals surface area contributed by atoms with E-state index in [0.29, 0.717) is 37.6 Å². The average molecular weight is 292 g/mol. The Morgan fingerprint density at radius 1 is 1.44 bits per heavy atom. The molecule has 100 valence electrons. The van der Waals surface area contributed by atoms with Gasteiger partial charge >= 0.3 is 0 Å². The first-order valence-electron chi connectivity index (χ1n) is 5.12. The quantitative estimate of drug-likeness (QED) is 0.769. The van der Waals surface area contributed by atoms with Crippen molar-refractivity contribution in [2.75, 3.05) is 26.3 Å². The van der Waals surface area contributed by atoms with E-state index in [9.17, 15) is 18.3 Å². The molecule has 0 radical (unpaired) electrons. The molecule has 1 saturated heterocycles. The molecule has 0 aromatic carbocycles. The molecule has 3 N–H and O–H groups in total. The van der Waals surface area contributed by atoms with Gasteiger partial charge in [0.15, 0.2) is 4.21 Å². The number of sulfonamides is 1. The zero-order chi connectivity index (χ0) is 13.3. The van der Waals surface area contributed by atoms with Crippen LogP contribution in [0.5, 0.6) is 5.75 Å². The van der Waals surface area contributed by atoms with Gasteiger partial charge in [-0.3, -0.25) is 4.79 Å². The molecular formula is C9H12N2O5S2. The predicted octanol–water partition coefficient (Wildman–Crippen LogP) is -0.426. The second-order valence-electron chi connectivity index (χ2n) is 3.73. The molecule has 0 unspecified atom stereocenters. The molecule has 0 spiro atoms. The molecule has 1 amide bonds. The molecule has 2 heterocycles. The minimum Gasteiger partial charge on any atom is -0.506 e. The molecule has 2 rings (SSSR count). The van der Waals surface area contributed by atoms with Crippen molar-refractivity contribution < 1.29 is 23.1 Å². The van der Waals surface area contributed by atoms with Crippen LogP contribution in [0.15, 0.2) is 10.3 Å². The summed E-state index contributed by atoms with van der Waals surface area (Å²) in [6, 6.07) is 1.13. The van der Waals surface area contributed by atoms with Crippen molar-refractivity contribution in [2.24, 2.45) is 5.14 Å². The molecule has 1 aliphatic heterocycles. The van der Waals surface area contributed by atoms with Gasteiger partial charge in [0.2, 0.25) is 0 Å². The largest absolute Gasteiger partial charge is 0.506 e. The predicted molar refractivity (Wildman–Crippen MR) is 64.1 cm³/mol. The third-order valence-corrected chi connectivity index (χ3v) is 5.03. The van der Waals surface area contributed by atoms with Gasteiger partial charge in [0.25, 0.3) is 15.9 Å². The van der Waals surface area contributed by atoms with Crippen molar-refractivity contribution in [3.8, 4) is 5.75 Å². The Kier molecular flexibility index (Phi) is 3.57. The minimum absolute atomic E-state index is 0.151. The number of carbonyl (C=O) groups excluding carboxylic acids is 1. The third-order valence-electron chi connectivity index (χ3n) is 2.45. The second kappa shape index (κ2) is 4.84. The fourth-order valence-electron chi connectivity index (χ4n) is 1.60. The summed E-state index contributed by atoms with van der Waals surface area (Å²) in [5.41, 5.74) is 0. The number of ether oxygens (including phenoxy) is 1. The zero-order valence-electron chi connectivity index (χ0n) is 9.33. The van der Waals surface area contributed by atoms with E-state index in [0.717, 1.165) is 6.07 Å². The second-order valence-corrected chi connectivity index (χ2v) is 6.54. The lowest BCUT2D eigenvalue weighted by atomic mass is 10.3. The SMILES string of the molecule is NS(=O)(=O)c1sc(C(=O)N2CCOCC2)cc1O. The van der Waals surface area contributed by atoms with Crippen LogP contribution in [0.1, 0.15) is 9.67 Å². The molecular weight excluding hydrogens is 280 g/mol. The van der Waals surface area contributed by atoms with E-state index in [2.05, 4.69) is 0 Å². The number of hydrogen-bond acceptors (Lipinski definition) is 6. The monoisotopic (exact) mass is 292 g/mol. The van der Waals surface area contributed by atoms with Gasteiger partial charge < -0.3 is 14.7 Å². The Hall–Kier alpha value is -1.16. The van der Waals surface area contributed by atoms with E-state index in [1.54, 1.807) is 4.90 Å². The number of carbonyl (C=O) groups is 1. The Morgan fingerprint density at radius 2 is 2.06 bits per heavy atom. The highest BCUT2D eigenvalue weighted by Crippen LogP contribution is 2.32. The van der Waals surface area contributed by atoms with Crippen LogP contribution in [-0.2, 0) is 14.8 Å². The first-order valence-corrected chi connectivity index (χ1v) is 7.48. The van der Waals surface area contributed by atoms with Gasteiger partial charge in [-0.1, -0.05) is 0 Å². The molecule has 0 saturated carbocycles. The summed E-state index contributed by atoms with van der Waals surface area (Å²) in [5.74, 6) is -0.812. The molecule has 18 heavy (non-hydrogen) atoms. The Labute approximate surface area is 108 Å². The van der Waals surface area contributed by atoms with Gasteiger partial charge in [0, 0.05) is 19.2 Å². The van der Waals surface area contributed by atoms with Gasteiger partial charge in [0.05, 0.1) is 18.1 Å². The highest BCUT2D eigenvalue weighted by Gasteiger charge is 2.25. The highest BCUT2D eigenvalue weighted by molar-refractivity contribution is 7.91. The molecule has 9 heteroatoms. The van der Waals surface area contributed by atoms with Gasteiger partial charge in [0.1, 0.15) is 5.75 Å². The number of hydrogen-bond donors (Lipinski definition) is 2. The Bertz CT molecular complexity index is 560. The molecule has 7 nitrogen and oxygen atoms in total. The summed E-state index contributed by atoms with van der Waals surface area (Å²) in [4.78, 5) is 13.7. The number of nitrogens with zero attached hydrogens (tertiary/aromatic N) is 1. The third kappa shape index (κ3) is 2.64. The van der Waals surface area contributed by atoms with Crippen LogP contribution in [0.3, 0.4) is 0 Å². The summed E-state index contributed by atoms with van der Waals surface area (Å²) >= 11 is 0.673. The van der Waals surface area contributed by atoms with Crippen molar-refractivity contribution in [1.82, 2.24) is 4.90 Å². The summed E-state index contributed by atoms with van der Waals surface area (Å²) in [6.07, 6.45) is 0. The lowest BCUT2D eigenvalue weighted by Gasteiger charge is -2.26. The van der Waals surface area contributed by atoms with Crippen molar-refractivity contribution in [1.29, 1.82) is 0 Å². The first kappa shape index (κ1) is 13.3. The molecule has 1 aromatic heterocycles. The maximum atomic E-state index is 12.0. The molecule has 1 aromatic rings. The lowest BCUT2D eigenvalue weighted by Crippen LogP contribution is -2.40. The maximum Gasteiger partial charge on any atom is 0.264 e. The molecule has 0 atom stereocenters. The van der Waals surface area contributed by atoms with Crippen LogP contribution >= 0.6 is 11.3 Å². The van der Waals surface area contributed by atoms with E-state index in [-0.39, 0.29) is 15.0 Å². The topological polar surface area (TPSA) is 110 Å². The molecule has 1 fully saturated rings. The lowest BCUT2D eigenvalue weighted by molar-refractivity contribution is 0.0306. The van der Waals surface area contributed by atoms with Crippen LogP contribution in [0.4, 0.5) is 0 Å². The van der Waals surface area contributed by atoms with Crippen molar-refractivity contribution in [3.05, 3.63) is 10.9 Å².